The van der Waals surface area contributed by atoms with E-state index in [9.17, 15) is 32.9 Å². The van der Waals surface area contributed by atoms with Crippen molar-refractivity contribution >= 4 is 63.2 Å². The number of benzene rings is 3. The Labute approximate surface area is 491 Å². The average molecular weight is 1220 g/mol. The molecular formula is C59H73F2N8O14PS. The lowest BCUT2D eigenvalue weighted by atomic mass is 9.52. The number of morpholine rings is 1. The number of alkyl halides is 1. The zero-order chi connectivity index (χ0) is 60.3. The molecule has 0 bridgehead atoms. The van der Waals surface area contributed by atoms with Gasteiger partial charge < -0.3 is 53.6 Å². The highest BCUT2D eigenvalue weighted by Gasteiger charge is 2.57. The first kappa shape index (κ1) is 59.2. The third-order valence-electron chi connectivity index (χ3n) is 19.1. The number of fused-ring (bicyclic) bond motifs is 4. The smallest absolute Gasteiger partial charge is 0.470 e. The summed E-state index contributed by atoms with van der Waals surface area (Å²) in [4.78, 5) is 59.6. The number of H-pyrrole nitrogens is 1. The molecule has 7 aliphatic rings. The summed E-state index contributed by atoms with van der Waals surface area (Å²) in [5.74, 6) is -0.563. The van der Waals surface area contributed by atoms with Gasteiger partial charge in [0.15, 0.2) is 11.4 Å². The third-order valence-corrected chi connectivity index (χ3v) is 21.1. The Morgan fingerprint density at radius 3 is 2.45 bits per heavy atom. The van der Waals surface area contributed by atoms with E-state index >= 15 is 13.6 Å². The third kappa shape index (κ3) is 11.1. The van der Waals surface area contributed by atoms with Crippen LogP contribution < -0.4 is 34.0 Å². The van der Waals surface area contributed by atoms with Gasteiger partial charge in [0.1, 0.15) is 41.3 Å². The van der Waals surface area contributed by atoms with Crippen LogP contribution in [0.25, 0.3) is 11.0 Å². The number of phosphoric ester groups is 1. The molecule has 458 valence electrons. The number of phosphoric acid groups is 1. The van der Waals surface area contributed by atoms with Gasteiger partial charge in [-0.1, -0.05) is 25.1 Å². The Bertz CT molecular complexity index is 3620. The summed E-state index contributed by atoms with van der Waals surface area (Å²) >= 11 is 0. The molecule has 7 heterocycles. The zero-order valence-corrected chi connectivity index (χ0v) is 50.2. The van der Waals surface area contributed by atoms with Crippen molar-refractivity contribution in [3.05, 3.63) is 93.9 Å². The van der Waals surface area contributed by atoms with Crippen molar-refractivity contribution in [2.75, 3.05) is 54.6 Å². The van der Waals surface area contributed by atoms with Crippen LogP contribution in [0.5, 0.6) is 17.4 Å². The summed E-state index contributed by atoms with van der Waals surface area (Å²) in [5, 5.41) is 15.8. The predicted octanol–water partition coefficient (Wildman–Crippen LogP) is 9.76. The maximum atomic E-state index is 16.7. The minimum atomic E-state index is -4.96. The van der Waals surface area contributed by atoms with E-state index < -0.39 is 86.7 Å². The molecule has 3 saturated heterocycles. The molecule has 1 spiro atoms. The van der Waals surface area contributed by atoms with E-state index in [-0.39, 0.29) is 95.5 Å². The van der Waals surface area contributed by atoms with Crippen LogP contribution in [0.15, 0.2) is 71.8 Å². The zero-order valence-electron chi connectivity index (χ0n) is 48.5. The number of hydrogen-bond acceptors (Lipinski definition) is 17. The summed E-state index contributed by atoms with van der Waals surface area (Å²) in [7, 11) is -9.86. The number of piperidine rings is 1. The van der Waals surface area contributed by atoms with Gasteiger partial charge in [-0.2, -0.15) is 4.98 Å². The Morgan fingerprint density at radius 1 is 0.965 bits per heavy atom. The standard InChI is InChI=1S/C59H73F2N8O14PS/c1-33(2)81-48-11-9-8-10-38(48)47-30-78-21-20-67(47)45-28-58(35(45)4)18-19-66(34(3)26-58)36-12-13-39(42(22-36)68-44-25-40-41(60)29-62-53(40)64-55(44)82-50-31-80-56(5,6)27-46(50)68)54(70)65-85(76,77)37-23-43(69(71)72)52-49(24-37)79-32-51(63-52)59(61)16-14-57(7,15-17-59)83-84(73,74)75/h8-13,22-25,29,33-35,45-47,50-51,63H,14-21,26-28,30-32H2,1-7H3,(H,62,64)(H,65,70)(H2,73,74,75)/t34-,35+,45?,46+,47+,50+,51+,57?,58-,59?/m1/s1. The fraction of sp³-hybridized carbons (Fsp3) is 0.559. The Morgan fingerprint density at radius 2 is 1.73 bits per heavy atom. The predicted molar refractivity (Wildman–Crippen MR) is 310 cm³/mol. The molecule has 5 aliphatic heterocycles. The number of carbonyl (C=O) groups is 1. The number of sulfonamides is 1. The van der Waals surface area contributed by atoms with Gasteiger partial charge >= 0.3 is 7.82 Å². The van der Waals surface area contributed by atoms with Crippen molar-refractivity contribution in [3.8, 4) is 17.4 Å². The van der Waals surface area contributed by atoms with Crippen molar-refractivity contribution in [3.63, 3.8) is 0 Å². The Hall–Kier alpha value is -6.18. The molecule has 0 radical (unpaired) electrons. The van der Waals surface area contributed by atoms with E-state index in [1.165, 1.54) is 13.1 Å². The molecule has 5 aromatic rings. The van der Waals surface area contributed by atoms with E-state index in [0.29, 0.717) is 43.8 Å². The largest absolute Gasteiger partial charge is 0.491 e. The number of nitrogens with one attached hydrogen (secondary N) is 3. The summed E-state index contributed by atoms with van der Waals surface area (Å²) in [5.41, 5.74) is -2.47. The number of rotatable bonds is 13. The maximum Gasteiger partial charge on any atom is 0.470 e. The lowest BCUT2D eigenvalue weighted by molar-refractivity contribution is -0.384. The number of ether oxygens (including phenoxy) is 5. The molecule has 12 rings (SSSR count). The van der Waals surface area contributed by atoms with Crippen LogP contribution in [0.1, 0.15) is 122 Å². The minimum absolute atomic E-state index is 0.0168. The van der Waals surface area contributed by atoms with Crippen molar-refractivity contribution in [2.45, 2.75) is 164 Å². The Kier molecular flexibility index (Phi) is 15.0. The second-order valence-electron chi connectivity index (χ2n) is 25.4. The van der Waals surface area contributed by atoms with Gasteiger partial charge in [0, 0.05) is 61.2 Å². The summed E-state index contributed by atoms with van der Waals surface area (Å²) in [6.07, 6.45) is 3.07. The van der Waals surface area contributed by atoms with Crippen LogP contribution in [0.3, 0.4) is 0 Å². The van der Waals surface area contributed by atoms with Crippen molar-refractivity contribution < 1.29 is 69.5 Å². The highest BCUT2D eigenvalue weighted by molar-refractivity contribution is 7.90. The first-order chi connectivity index (χ1) is 40.1. The van der Waals surface area contributed by atoms with Crippen molar-refractivity contribution in [1.29, 1.82) is 0 Å². The molecule has 22 nitrogen and oxygen atoms in total. The molecule has 5 fully saturated rings. The quantitative estimate of drug-likeness (QED) is 0.0417. The summed E-state index contributed by atoms with van der Waals surface area (Å²) < 4.78 is 111. The fourth-order valence-corrected chi connectivity index (χ4v) is 16.3. The van der Waals surface area contributed by atoms with E-state index in [0.717, 1.165) is 54.9 Å². The number of carbonyl (C=O) groups excluding carboxylic acids is 1. The normalized spacial score (nSPS) is 30.3. The number of hydrogen-bond donors (Lipinski definition) is 5. The van der Waals surface area contributed by atoms with E-state index in [4.69, 9.17) is 33.2 Å². The first-order valence-corrected chi connectivity index (χ1v) is 32.2. The van der Waals surface area contributed by atoms with Gasteiger partial charge in [0.05, 0.1) is 81.7 Å². The molecule has 85 heavy (non-hydrogen) atoms. The SMILES string of the molecule is CC(C)Oc1ccccc1[C@@H]1COCCN1C1C[C@]2(CCN(c3ccc(C(=O)NS(=O)(=O)c4cc5c(c([N+](=O)[O-])c4)N[C@H](C4(F)CCC(C)(OP(=O)(O)O)CC4)CO5)c(N4c5cc6c(F)c[nH]c6nc5O[C@H]5COC(C)(C)C[C@@H]54)c3)[C@H](C)C2)[C@H]1C. The van der Waals surface area contributed by atoms with Crippen LogP contribution in [0, 0.1) is 27.3 Å². The highest BCUT2D eigenvalue weighted by atomic mass is 32.2. The van der Waals surface area contributed by atoms with Gasteiger partial charge in [-0.05, 0) is 128 Å². The minimum Gasteiger partial charge on any atom is -0.491 e. The summed E-state index contributed by atoms with van der Waals surface area (Å²) in [6, 6.07) is 15.5. The molecular weight excluding hydrogens is 1150 g/mol. The van der Waals surface area contributed by atoms with E-state index in [1.807, 2.05) is 50.8 Å². The van der Waals surface area contributed by atoms with Gasteiger partial charge in [0.2, 0.25) is 5.88 Å². The number of pyridine rings is 1. The lowest BCUT2D eigenvalue weighted by Crippen LogP contribution is -2.64. The number of amides is 1. The van der Waals surface area contributed by atoms with Crippen molar-refractivity contribution in [1.82, 2.24) is 19.6 Å². The second-order valence-corrected chi connectivity index (χ2v) is 28.3. The van der Waals surface area contributed by atoms with Crippen LogP contribution in [-0.2, 0) is 28.6 Å². The topological polar surface area (TPSA) is 270 Å². The van der Waals surface area contributed by atoms with Gasteiger partial charge in [0.25, 0.3) is 21.6 Å². The lowest BCUT2D eigenvalue weighted by Gasteiger charge is -2.63. The number of nitro groups is 1. The molecule has 5 N–H and O–H groups in total. The molecule has 2 aromatic heterocycles. The number of aromatic amines is 1. The average Bonchev–Trinajstić information content (AvgIpc) is 1.15. The van der Waals surface area contributed by atoms with Crippen LogP contribution in [0.4, 0.5) is 37.2 Å². The number of nitrogens with zero attached hydrogens (tertiary/aromatic N) is 5. The maximum absolute atomic E-state index is 16.7. The van der Waals surface area contributed by atoms with Gasteiger partial charge in [-0.15, -0.1) is 0 Å². The summed E-state index contributed by atoms with van der Waals surface area (Å²) in [6.45, 7) is 16.4. The number of anilines is 4. The van der Waals surface area contributed by atoms with E-state index in [1.54, 1.807) is 18.2 Å². The number of para-hydroxylation sites is 1. The molecule has 1 unspecified atom stereocenters. The molecule has 1 amide bonds. The van der Waals surface area contributed by atoms with Crippen LogP contribution in [-0.4, -0.2) is 137 Å². The number of nitro benzene ring substituents is 1. The second kappa shape index (κ2) is 21.6. The monoisotopic (exact) mass is 1220 g/mol. The van der Waals surface area contributed by atoms with Gasteiger partial charge in [-0.25, -0.2) is 26.5 Å². The highest BCUT2D eigenvalue weighted by Crippen LogP contribution is 2.59. The molecule has 3 aromatic carbocycles. The Balaban J connectivity index is 0.855. The number of halogens is 2. The van der Waals surface area contributed by atoms with Crippen LogP contribution >= 0.6 is 7.82 Å². The number of aromatic nitrogens is 2. The molecule has 26 heteroatoms. The van der Waals surface area contributed by atoms with Crippen LogP contribution in [0.2, 0.25) is 0 Å². The molecule has 8 atom stereocenters. The first-order valence-electron chi connectivity index (χ1n) is 29.1. The van der Waals surface area contributed by atoms with Gasteiger partial charge in [-0.3, -0.25) is 24.3 Å². The molecule has 2 aliphatic carbocycles. The van der Waals surface area contributed by atoms with E-state index in [2.05, 4.69) is 50.8 Å². The fourth-order valence-electron chi connectivity index (χ4n) is 14.6. The van der Waals surface area contributed by atoms with Crippen molar-refractivity contribution in [2.24, 2.45) is 11.3 Å². The molecule has 2 saturated carbocycles.